The topological polar surface area (TPSA) is 21.3 Å². The van der Waals surface area contributed by atoms with Gasteiger partial charge in [0.25, 0.3) is 0 Å². The highest BCUT2D eigenvalue weighted by Gasteiger charge is 2.30. The molecule has 0 aromatic heterocycles. The van der Waals surface area contributed by atoms with Gasteiger partial charge >= 0.3 is 6.18 Å². The van der Waals surface area contributed by atoms with Crippen molar-refractivity contribution in [2.75, 3.05) is 0 Å². The summed E-state index contributed by atoms with van der Waals surface area (Å²) in [6.07, 6.45) is 0.476. The van der Waals surface area contributed by atoms with Crippen molar-refractivity contribution < 1.29 is 17.9 Å². The van der Waals surface area contributed by atoms with Crippen LogP contribution in [-0.4, -0.2) is 12.1 Å². The first-order chi connectivity index (χ1) is 13.3. The molecule has 2 nitrogen and oxygen atoms in total. The third-order valence-electron chi connectivity index (χ3n) is 5.18. The molecule has 0 saturated heterocycles. The second-order valence-corrected chi connectivity index (χ2v) is 7.70. The van der Waals surface area contributed by atoms with E-state index in [0.29, 0.717) is 12.1 Å². The van der Waals surface area contributed by atoms with Crippen LogP contribution >= 0.6 is 11.6 Å². The van der Waals surface area contributed by atoms with Crippen molar-refractivity contribution in [1.29, 1.82) is 0 Å². The lowest BCUT2D eigenvalue weighted by atomic mass is 9.92. The van der Waals surface area contributed by atoms with Crippen LogP contribution in [0.3, 0.4) is 0 Å². The molecule has 0 heterocycles. The summed E-state index contributed by atoms with van der Waals surface area (Å²) in [5.74, 6) is 0.824. The number of nitrogens with one attached hydrogen (secondary N) is 1. The normalized spacial score (nSPS) is 20.2. The zero-order valence-electron chi connectivity index (χ0n) is 15.9. The minimum absolute atomic E-state index is 0.0960. The lowest BCUT2D eigenvalue weighted by Crippen LogP contribution is -2.37. The number of halogens is 4. The SMILES string of the molecule is CCc1cc(OC2CCCC(NCc3cccc(C(F)(F)F)c3)C2)ccc1Cl. The number of alkyl halides is 3. The monoisotopic (exact) mass is 411 g/mol. The van der Waals surface area contributed by atoms with E-state index in [4.69, 9.17) is 16.3 Å². The van der Waals surface area contributed by atoms with Crippen molar-refractivity contribution in [1.82, 2.24) is 5.32 Å². The summed E-state index contributed by atoms with van der Waals surface area (Å²) in [7, 11) is 0. The molecule has 0 spiro atoms. The maximum atomic E-state index is 12.9. The first-order valence-electron chi connectivity index (χ1n) is 9.69. The van der Waals surface area contributed by atoms with Gasteiger partial charge in [0.15, 0.2) is 0 Å². The highest BCUT2D eigenvalue weighted by molar-refractivity contribution is 6.31. The largest absolute Gasteiger partial charge is 0.490 e. The molecule has 0 aliphatic heterocycles. The van der Waals surface area contributed by atoms with Crippen molar-refractivity contribution in [3.8, 4) is 5.75 Å². The van der Waals surface area contributed by atoms with Gasteiger partial charge in [-0.3, -0.25) is 0 Å². The van der Waals surface area contributed by atoms with Gasteiger partial charge in [-0.2, -0.15) is 13.2 Å². The van der Waals surface area contributed by atoms with E-state index in [-0.39, 0.29) is 12.1 Å². The quantitative estimate of drug-likeness (QED) is 0.593. The molecular formula is C22H25ClF3NO. The average Bonchev–Trinajstić information content (AvgIpc) is 2.68. The Balaban J connectivity index is 1.55. The summed E-state index contributed by atoms with van der Waals surface area (Å²) in [5, 5.41) is 4.14. The van der Waals surface area contributed by atoms with Crippen LogP contribution in [0.4, 0.5) is 13.2 Å². The molecule has 0 bridgehead atoms. The van der Waals surface area contributed by atoms with Gasteiger partial charge in [-0.1, -0.05) is 36.7 Å². The molecule has 2 aromatic carbocycles. The third kappa shape index (κ3) is 5.65. The Hall–Kier alpha value is -1.72. The van der Waals surface area contributed by atoms with Crippen molar-refractivity contribution in [2.45, 2.75) is 63.9 Å². The number of rotatable bonds is 6. The van der Waals surface area contributed by atoms with Crippen LogP contribution in [0.15, 0.2) is 42.5 Å². The molecule has 2 aromatic rings. The van der Waals surface area contributed by atoms with E-state index in [0.717, 1.165) is 54.5 Å². The van der Waals surface area contributed by atoms with E-state index >= 15 is 0 Å². The van der Waals surface area contributed by atoms with Crippen LogP contribution in [0.1, 0.15) is 49.3 Å². The Morgan fingerprint density at radius 2 is 1.96 bits per heavy atom. The summed E-state index contributed by atoms with van der Waals surface area (Å²) in [4.78, 5) is 0. The fourth-order valence-electron chi connectivity index (χ4n) is 3.65. The maximum absolute atomic E-state index is 12.9. The second-order valence-electron chi connectivity index (χ2n) is 7.29. The van der Waals surface area contributed by atoms with Gasteiger partial charge in [0.05, 0.1) is 5.56 Å². The van der Waals surface area contributed by atoms with Crippen LogP contribution in [0.2, 0.25) is 5.02 Å². The molecule has 6 heteroatoms. The third-order valence-corrected chi connectivity index (χ3v) is 5.54. The molecule has 2 unspecified atom stereocenters. The predicted octanol–water partition coefficient (Wildman–Crippen LogP) is 6.40. The Kier molecular flexibility index (Phi) is 6.89. The summed E-state index contributed by atoms with van der Waals surface area (Å²) < 4.78 is 44.7. The molecule has 1 aliphatic carbocycles. The Morgan fingerprint density at radius 1 is 1.14 bits per heavy atom. The lowest BCUT2D eigenvalue weighted by Gasteiger charge is -2.30. The minimum atomic E-state index is -4.31. The molecule has 28 heavy (non-hydrogen) atoms. The van der Waals surface area contributed by atoms with E-state index in [1.54, 1.807) is 6.07 Å². The summed E-state index contributed by atoms with van der Waals surface area (Å²) >= 11 is 6.17. The molecule has 3 rings (SSSR count). The number of hydrogen-bond donors (Lipinski definition) is 1. The van der Waals surface area contributed by atoms with E-state index in [1.807, 2.05) is 18.2 Å². The average molecular weight is 412 g/mol. The van der Waals surface area contributed by atoms with Gasteiger partial charge < -0.3 is 10.1 Å². The molecule has 1 aliphatic rings. The summed E-state index contributed by atoms with van der Waals surface area (Å²) in [6.45, 7) is 2.47. The first-order valence-corrected chi connectivity index (χ1v) is 10.1. The Labute approximate surface area is 169 Å². The van der Waals surface area contributed by atoms with Crippen molar-refractivity contribution in [2.24, 2.45) is 0 Å². The van der Waals surface area contributed by atoms with Crippen molar-refractivity contribution in [3.05, 3.63) is 64.2 Å². The molecule has 0 radical (unpaired) electrons. The zero-order valence-corrected chi connectivity index (χ0v) is 16.6. The number of hydrogen-bond acceptors (Lipinski definition) is 2. The van der Waals surface area contributed by atoms with Crippen LogP contribution in [0.5, 0.6) is 5.75 Å². The fourth-order valence-corrected chi connectivity index (χ4v) is 3.90. The van der Waals surface area contributed by atoms with Crippen molar-refractivity contribution in [3.63, 3.8) is 0 Å². The molecule has 1 fully saturated rings. The smallest absolute Gasteiger partial charge is 0.416 e. The van der Waals surface area contributed by atoms with E-state index in [2.05, 4.69) is 12.2 Å². The van der Waals surface area contributed by atoms with Gasteiger partial charge in [0.2, 0.25) is 0 Å². The number of aryl methyl sites for hydroxylation is 1. The molecule has 2 atom stereocenters. The molecule has 1 N–H and O–H groups in total. The van der Waals surface area contributed by atoms with Gasteiger partial charge in [-0.05, 0) is 67.5 Å². The van der Waals surface area contributed by atoms with Crippen LogP contribution in [0, 0.1) is 0 Å². The van der Waals surface area contributed by atoms with Crippen molar-refractivity contribution >= 4 is 11.6 Å². The number of ether oxygens (including phenoxy) is 1. The molecule has 0 amide bonds. The van der Waals surface area contributed by atoms with Crippen LogP contribution in [-0.2, 0) is 19.1 Å². The zero-order chi connectivity index (χ0) is 20.1. The van der Waals surface area contributed by atoms with E-state index in [9.17, 15) is 13.2 Å². The predicted molar refractivity (Wildman–Crippen MR) is 106 cm³/mol. The van der Waals surface area contributed by atoms with Gasteiger partial charge in [-0.15, -0.1) is 0 Å². The fraction of sp³-hybridized carbons (Fsp3) is 0.455. The number of benzene rings is 2. The van der Waals surface area contributed by atoms with Gasteiger partial charge in [0, 0.05) is 17.6 Å². The van der Waals surface area contributed by atoms with Crippen LogP contribution < -0.4 is 10.1 Å². The van der Waals surface area contributed by atoms with Gasteiger partial charge in [-0.25, -0.2) is 0 Å². The minimum Gasteiger partial charge on any atom is -0.490 e. The van der Waals surface area contributed by atoms with E-state index < -0.39 is 11.7 Å². The van der Waals surface area contributed by atoms with Gasteiger partial charge in [0.1, 0.15) is 11.9 Å². The highest BCUT2D eigenvalue weighted by Crippen LogP contribution is 2.30. The first kappa shape index (κ1) is 21.0. The van der Waals surface area contributed by atoms with E-state index in [1.165, 1.54) is 12.1 Å². The van der Waals surface area contributed by atoms with Crippen LogP contribution in [0.25, 0.3) is 0 Å². The Morgan fingerprint density at radius 3 is 2.71 bits per heavy atom. The molecular weight excluding hydrogens is 387 g/mol. The Bertz CT molecular complexity index is 794. The summed E-state index contributed by atoms with van der Waals surface area (Å²) in [6, 6.07) is 11.5. The highest BCUT2D eigenvalue weighted by atomic mass is 35.5. The second kappa shape index (κ2) is 9.19. The maximum Gasteiger partial charge on any atom is 0.416 e. The molecule has 152 valence electrons. The summed E-state index contributed by atoms with van der Waals surface area (Å²) in [5.41, 5.74) is 1.10. The lowest BCUT2D eigenvalue weighted by molar-refractivity contribution is -0.137. The standard InChI is InChI=1S/C22H25ClF3NO/c1-2-16-12-20(9-10-21(16)23)28-19-8-4-7-18(13-19)27-14-15-5-3-6-17(11-15)22(24,25)26/h3,5-6,9-12,18-19,27H,2,4,7-8,13-14H2,1H3. The molecule has 1 saturated carbocycles.